The molecule has 0 aromatic heterocycles. The quantitative estimate of drug-likeness (QED) is 0.159. The molecule has 1 heterocycles. The highest BCUT2D eigenvalue weighted by Gasteiger charge is 2.45. The molecule has 1 aliphatic heterocycles. The Morgan fingerprint density at radius 3 is 1.95 bits per heavy atom. The summed E-state index contributed by atoms with van der Waals surface area (Å²) in [6.07, 6.45) is 3.86. The Morgan fingerprint density at radius 1 is 0.756 bits per heavy atom. The van der Waals surface area contributed by atoms with E-state index in [4.69, 9.17) is 21.1 Å². The van der Waals surface area contributed by atoms with Crippen LogP contribution in [-0.4, -0.2) is 23.7 Å². The van der Waals surface area contributed by atoms with Crippen molar-refractivity contribution in [2.45, 2.75) is 67.5 Å². The van der Waals surface area contributed by atoms with Gasteiger partial charge in [0.2, 0.25) is 0 Å². The number of benzene rings is 4. The molecule has 5 atom stereocenters. The first-order chi connectivity index (χ1) is 20.1. The zero-order valence-electron chi connectivity index (χ0n) is 24.0. The molecule has 0 bridgehead atoms. The van der Waals surface area contributed by atoms with E-state index in [1.54, 1.807) is 11.8 Å². The molecule has 0 N–H and O–H groups in total. The second-order valence-corrected chi connectivity index (χ2v) is 13.4. The molecule has 1 aliphatic rings. The highest BCUT2D eigenvalue weighted by atomic mass is 35.5. The highest BCUT2D eigenvalue weighted by Crippen LogP contribution is 2.49. The minimum absolute atomic E-state index is 0.0339. The molecule has 0 radical (unpaired) electrons. The van der Waals surface area contributed by atoms with Crippen LogP contribution in [0.3, 0.4) is 0 Å². The molecule has 5 rings (SSSR count). The van der Waals surface area contributed by atoms with E-state index in [2.05, 4.69) is 111 Å². The fourth-order valence-corrected chi connectivity index (χ4v) is 7.90. The van der Waals surface area contributed by atoms with Gasteiger partial charge in [-0.25, -0.2) is 0 Å². The molecule has 5 heteroatoms. The van der Waals surface area contributed by atoms with Gasteiger partial charge < -0.3 is 9.47 Å². The lowest BCUT2D eigenvalue weighted by molar-refractivity contribution is -0.112. The van der Waals surface area contributed by atoms with Crippen molar-refractivity contribution in [2.24, 2.45) is 5.92 Å². The molecule has 41 heavy (non-hydrogen) atoms. The fraction of sp³-hybridized carbons (Fsp3) is 0.333. The van der Waals surface area contributed by atoms with Crippen LogP contribution in [-0.2, 0) is 29.1 Å². The number of hydrogen-bond acceptors (Lipinski definition) is 4. The van der Waals surface area contributed by atoms with Crippen LogP contribution in [0.15, 0.2) is 108 Å². The Hall–Kier alpha value is -2.21. The van der Waals surface area contributed by atoms with Crippen LogP contribution < -0.4 is 0 Å². The third-order valence-corrected chi connectivity index (χ3v) is 11.0. The van der Waals surface area contributed by atoms with Gasteiger partial charge in [0.05, 0.1) is 24.6 Å². The van der Waals surface area contributed by atoms with Gasteiger partial charge in [-0.2, -0.15) is 0 Å². The molecular formula is C36H39ClO2S2. The average Bonchev–Trinajstić information content (AvgIpc) is 3.02. The van der Waals surface area contributed by atoms with Gasteiger partial charge in [-0.05, 0) is 71.0 Å². The van der Waals surface area contributed by atoms with Crippen molar-refractivity contribution in [1.82, 2.24) is 0 Å². The van der Waals surface area contributed by atoms with Crippen LogP contribution in [0.25, 0.3) is 0 Å². The van der Waals surface area contributed by atoms with Gasteiger partial charge in [0.15, 0.2) is 0 Å². The summed E-state index contributed by atoms with van der Waals surface area (Å²) in [5.41, 5.74) is 6.03. The number of ether oxygens (including phenoxy) is 2. The fourth-order valence-electron chi connectivity index (χ4n) is 5.64. The second kappa shape index (κ2) is 14.8. The maximum Gasteiger partial charge on any atom is 0.100 e. The summed E-state index contributed by atoms with van der Waals surface area (Å²) in [7, 11) is 0. The monoisotopic (exact) mass is 602 g/mol. The summed E-state index contributed by atoms with van der Waals surface area (Å²) in [6, 6.07) is 36.3. The molecule has 0 aliphatic carbocycles. The van der Waals surface area contributed by atoms with Gasteiger partial charge in [0.25, 0.3) is 0 Å². The third kappa shape index (κ3) is 7.80. The highest BCUT2D eigenvalue weighted by molar-refractivity contribution is 8.00. The van der Waals surface area contributed by atoms with E-state index in [0.717, 1.165) is 23.4 Å². The maximum absolute atomic E-state index is 6.83. The maximum atomic E-state index is 6.83. The summed E-state index contributed by atoms with van der Waals surface area (Å²) in [4.78, 5) is 1.27. The Kier molecular flexibility index (Phi) is 10.9. The van der Waals surface area contributed by atoms with E-state index in [-0.39, 0.29) is 17.5 Å². The summed E-state index contributed by atoms with van der Waals surface area (Å²) in [5.74, 6) is 0.354. The van der Waals surface area contributed by atoms with Gasteiger partial charge in [-0.3, -0.25) is 0 Å². The zero-order valence-corrected chi connectivity index (χ0v) is 26.4. The third-order valence-electron chi connectivity index (χ3n) is 7.97. The standard InChI is InChI=1S/C36H39ClO2S2/c1-4-33-25(2)34(38-23-27-11-7-5-8-12-27)35(39-24-28-13-9-6-10-14-28)36(41-33)29-17-20-32(37)30(22-29)21-26-15-18-31(40-3)19-16-26/h5-20,22,25,33-36H,4,21,23-24H2,1-3H3/t25-,33-,34+,35-,36+/m1/s1. The van der Waals surface area contributed by atoms with Gasteiger partial charge in [0, 0.05) is 15.2 Å². The molecule has 4 aromatic rings. The largest absolute Gasteiger partial charge is 0.370 e. The summed E-state index contributed by atoms with van der Waals surface area (Å²) >= 11 is 10.6. The lowest BCUT2D eigenvalue weighted by atomic mass is 9.89. The predicted molar refractivity (Wildman–Crippen MR) is 176 cm³/mol. The Balaban J connectivity index is 1.45. The van der Waals surface area contributed by atoms with Crippen molar-refractivity contribution in [2.75, 3.05) is 6.26 Å². The van der Waals surface area contributed by atoms with Crippen LogP contribution >= 0.6 is 35.1 Å². The van der Waals surface area contributed by atoms with Gasteiger partial charge >= 0.3 is 0 Å². The molecule has 0 unspecified atom stereocenters. The molecule has 1 saturated heterocycles. The van der Waals surface area contributed by atoms with Crippen LogP contribution in [0.1, 0.15) is 53.3 Å². The summed E-state index contributed by atoms with van der Waals surface area (Å²) in [6.45, 7) is 5.75. The predicted octanol–water partition coefficient (Wildman–Crippen LogP) is 10.0. The van der Waals surface area contributed by atoms with Crippen LogP contribution in [0.2, 0.25) is 5.02 Å². The topological polar surface area (TPSA) is 18.5 Å². The Labute approximate surface area is 259 Å². The summed E-state index contributed by atoms with van der Waals surface area (Å²) in [5, 5.41) is 1.41. The van der Waals surface area contributed by atoms with Gasteiger partial charge in [-0.15, -0.1) is 23.5 Å². The molecule has 214 valence electrons. The van der Waals surface area contributed by atoms with E-state index in [1.165, 1.54) is 27.1 Å². The van der Waals surface area contributed by atoms with E-state index in [1.807, 2.05) is 23.9 Å². The number of thioether (sulfide) groups is 2. The normalized spacial score (nSPS) is 22.5. The van der Waals surface area contributed by atoms with Crippen molar-refractivity contribution in [3.8, 4) is 0 Å². The van der Waals surface area contributed by atoms with Crippen molar-refractivity contribution in [3.63, 3.8) is 0 Å². The Morgan fingerprint density at radius 2 is 1.37 bits per heavy atom. The molecule has 2 nitrogen and oxygen atoms in total. The zero-order chi connectivity index (χ0) is 28.6. The first-order valence-corrected chi connectivity index (χ1v) is 17.0. The molecule has 0 spiro atoms. The van der Waals surface area contributed by atoms with E-state index < -0.39 is 0 Å². The number of halogens is 1. The minimum atomic E-state index is -0.100. The van der Waals surface area contributed by atoms with Crippen molar-refractivity contribution in [1.29, 1.82) is 0 Å². The molecule has 0 saturated carbocycles. The van der Waals surface area contributed by atoms with E-state index in [0.29, 0.717) is 24.4 Å². The second-order valence-electron chi connectivity index (χ2n) is 10.8. The molecular weight excluding hydrogens is 564 g/mol. The molecule has 4 aromatic carbocycles. The lowest BCUT2D eigenvalue weighted by Gasteiger charge is -2.45. The van der Waals surface area contributed by atoms with Gasteiger partial charge in [0.1, 0.15) is 6.10 Å². The smallest absolute Gasteiger partial charge is 0.100 e. The number of hydrogen-bond donors (Lipinski definition) is 0. The number of rotatable bonds is 11. The first-order valence-electron chi connectivity index (χ1n) is 14.4. The Bertz CT molecular complexity index is 1360. The molecule has 0 amide bonds. The first kappa shape index (κ1) is 30.3. The van der Waals surface area contributed by atoms with Gasteiger partial charge in [-0.1, -0.05) is 110 Å². The van der Waals surface area contributed by atoms with Crippen molar-refractivity contribution in [3.05, 3.63) is 136 Å². The van der Waals surface area contributed by atoms with Crippen LogP contribution in [0.4, 0.5) is 0 Å². The van der Waals surface area contributed by atoms with E-state index >= 15 is 0 Å². The lowest BCUT2D eigenvalue weighted by Crippen LogP contribution is -2.48. The average molecular weight is 603 g/mol. The van der Waals surface area contributed by atoms with Crippen molar-refractivity contribution >= 4 is 35.1 Å². The van der Waals surface area contributed by atoms with Crippen molar-refractivity contribution < 1.29 is 9.47 Å². The van der Waals surface area contributed by atoms with E-state index in [9.17, 15) is 0 Å². The minimum Gasteiger partial charge on any atom is -0.370 e. The molecule has 1 fully saturated rings. The van der Waals surface area contributed by atoms with Crippen LogP contribution in [0.5, 0.6) is 0 Å². The SMILES string of the molecule is CC[C@H]1S[C@@H](c2ccc(Cl)c(Cc3ccc(SC)cc3)c2)[C@H](OCc2ccccc2)[C@@H](OCc2ccccc2)[C@@H]1C. The summed E-state index contributed by atoms with van der Waals surface area (Å²) < 4.78 is 13.6. The van der Waals surface area contributed by atoms with Crippen LogP contribution in [0, 0.1) is 5.92 Å².